The van der Waals surface area contributed by atoms with Gasteiger partial charge in [0.15, 0.2) is 5.82 Å². The van der Waals surface area contributed by atoms with E-state index in [0.717, 1.165) is 48.1 Å². The van der Waals surface area contributed by atoms with Gasteiger partial charge in [-0.05, 0) is 51.8 Å². The van der Waals surface area contributed by atoms with E-state index in [9.17, 15) is 4.79 Å². The lowest BCUT2D eigenvalue weighted by molar-refractivity contribution is -0.120. The molecule has 29 heavy (non-hydrogen) atoms. The van der Waals surface area contributed by atoms with Gasteiger partial charge in [-0.15, -0.1) is 0 Å². The zero-order valence-corrected chi connectivity index (χ0v) is 17.1. The van der Waals surface area contributed by atoms with Gasteiger partial charge in [0.1, 0.15) is 12.1 Å². The third kappa shape index (κ3) is 4.29. The van der Waals surface area contributed by atoms with Crippen molar-refractivity contribution in [3.05, 3.63) is 59.7 Å². The van der Waals surface area contributed by atoms with Gasteiger partial charge >= 0.3 is 0 Å². The number of nitrogens with one attached hydrogen (secondary N) is 1. The summed E-state index contributed by atoms with van der Waals surface area (Å²) in [7, 11) is 0. The molecule has 2 aromatic heterocycles. The summed E-state index contributed by atoms with van der Waals surface area (Å²) in [6.07, 6.45) is 3.39. The third-order valence-electron chi connectivity index (χ3n) is 5.30. The molecule has 0 aliphatic carbocycles. The second kappa shape index (κ2) is 8.03. The first-order valence-electron chi connectivity index (χ1n) is 9.98. The summed E-state index contributed by atoms with van der Waals surface area (Å²) in [4.78, 5) is 23.8. The van der Waals surface area contributed by atoms with E-state index in [2.05, 4.69) is 25.3 Å². The second-order valence-electron chi connectivity index (χ2n) is 7.71. The summed E-state index contributed by atoms with van der Waals surface area (Å²) in [6.45, 7) is 7.53. The Kier molecular flexibility index (Phi) is 5.29. The molecule has 1 fully saturated rings. The second-order valence-corrected chi connectivity index (χ2v) is 7.71. The van der Waals surface area contributed by atoms with Crippen molar-refractivity contribution in [3.63, 3.8) is 0 Å². The molecule has 1 aromatic carbocycles. The summed E-state index contributed by atoms with van der Waals surface area (Å²) in [5.74, 6) is 1.56. The van der Waals surface area contributed by atoms with E-state index < -0.39 is 0 Å². The number of amides is 1. The zero-order valence-electron chi connectivity index (χ0n) is 17.1. The molecule has 1 aliphatic heterocycles. The molecule has 1 saturated heterocycles. The van der Waals surface area contributed by atoms with Crippen LogP contribution in [-0.2, 0) is 4.79 Å². The van der Waals surface area contributed by atoms with Gasteiger partial charge in [0.2, 0.25) is 5.91 Å². The average Bonchev–Trinajstić information content (AvgIpc) is 3.08. The molecule has 1 atom stereocenters. The Morgan fingerprint density at radius 3 is 2.55 bits per heavy atom. The molecule has 1 amide bonds. The highest BCUT2D eigenvalue weighted by Crippen LogP contribution is 2.24. The van der Waals surface area contributed by atoms with E-state index in [-0.39, 0.29) is 11.8 Å². The number of piperidine rings is 1. The number of rotatable bonds is 4. The van der Waals surface area contributed by atoms with Crippen LogP contribution in [0.3, 0.4) is 0 Å². The van der Waals surface area contributed by atoms with Crippen molar-refractivity contribution >= 4 is 17.4 Å². The molecule has 0 spiro atoms. The minimum Gasteiger partial charge on any atom is -0.356 e. The van der Waals surface area contributed by atoms with Gasteiger partial charge < -0.3 is 10.2 Å². The Morgan fingerprint density at radius 2 is 1.83 bits per heavy atom. The number of nitrogens with zero attached hydrogens (tertiary/aromatic N) is 5. The first kappa shape index (κ1) is 19.1. The molecule has 0 saturated carbocycles. The maximum absolute atomic E-state index is 12.8. The molecule has 1 N–H and O–H groups in total. The van der Waals surface area contributed by atoms with Gasteiger partial charge in [0, 0.05) is 30.5 Å². The van der Waals surface area contributed by atoms with Crippen LogP contribution in [0.1, 0.15) is 29.8 Å². The van der Waals surface area contributed by atoms with Crippen LogP contribution in [0.4, 0.5) is 11.5 Å². The average molecular weight is 390 g/mol. The maximum atomic E-state index is 12.8. The van der Waals surface area contributed by atoms with Crippen molar-refractivity contribution in [2.45, 2.75) is 33.6 Å². The van der Waals surface area contributed by atoms with Gasteiger partial charge in [-0.2, -0.15) is 5.10 Å². The normalized spacial score (nSPS) is 16.7. The fourth-order valence-electron chi connectivity index (χ4n) is 3.77. The van der Waals surface area contributed by atoms with Gasteiger partial charge in [0.05, 0.1) is 11.6 Å². The Bertz CT molecular complexity index is 1010. The molecule has 1 unspecified atom stereocenters. The SMILES string of the molecule is Cc1ccc(NC(=O)C2CCCN(c3cc(-n4nc(C)cc4C)ncn3)C2)cc1. The molecule has 3 aromatic rings. The van der Waals surface area contributed by atoms with Crippen LogP contribution < -0.4 is 10.2 Å². The van der Waals surface area contributed by atoms with Gasteiger partial charge in [-0.3, -0.25) is 4.79 Å². The Hall–Kier alpha value is -3.22. The highest BCUT2D eigenvalue weighted by molar-refractivity contribution is 5.93. The van der Waals surface area contributed by atoms with Crippen molar-refractivity contribution < 1.29 is 4.79 Å². The van der Waals surface area contributed by atoms with Crippen molar-refractivity contribution in [2.75, 3.05) is 23.3 Å². The summed E-state index contributed by atoms with van der Waals surface area (Å²) >= 11 is 0. The lowest BCUT2D eigenvalue weighted by Crippen LogP contribution is -2.41. The third-order valence-corrected chi connectivity index (χ3v) is 5.30. The number of carbonyl (C=O) groups is 1. The molecule has 4 rings (SSSR count). The Labute approximate surface area is 170 Å². The fraction of sp³-hybridized carbons (Fsp3) is 0.364. The van der Waals surface area contributed by atoms with Crippen molar-refractivity contribution in [3.8, 4) is 5.82 Å². The molecule has 0 radical (unpaired) electrons. The molecular weight excluding hydrogens is 364 g/mol. The molecule has 7 nitrogen and oxygen atoms in total. The number of aryl methyl sites for hydroxylation is 3. The monoisotopic (exact) mass is 390 g/mol. The van der Waals surface area contributed by atoms with E-state index in [4.69, 9.17) is 0 Å². The van der Waals surface area contributed by atoms with Crippen molar-refractivity contribution in [1.82, 2.24) is 19.7 Å². The largest absolute Gasteiger partial charge is 0.356 e. The van der Waals surface area contributed by atoms with Crippen LogP contribution in [0.15, 0.2) is 42.7 Å². The standard InChI is InChI=1S/C22H26N6O/c1-15-6-8-19(9-7-15)25-22(29)18-5-4-10-27(13-18)20-12-21(24-14-23-20)28-17(3)11-16(2)26-28/h6-9,11-12,14,18H,4-5,10,13H2,1-3H3,(H,25,29). The number of hydrogen-bond acceptors (Lipinski definition) is 5. The molecule has 0 bridgehead atoms. The van der Waals surface area contributed by atoms with E-state index >= 15 is 0 Å². The minimum atomic E-state index is -0.0721. The van der Waals surface area contributed by atoms with Crippen LogP contribution in [0.2, 0.25) is 0 Å². The first-order chi connectivity index (χ1) is 14.0. The van der Waals surface area contributed by atoms with E-state index in [1.165, 1.54) is 5.56 Å². The summed E-state index contributed by atoms with van der Waals surface area (Å²) in [5.41, 5.74) is 4.00. The predicted molar refractivity (Wildman–Crippen MR) is 113 cm³/mol. The number of aromatic nitrogens is 4. The first-order valence-corrected chi connectivity index (χ1v) is 9.98. The van der Waals surface area contributed by atoms with E-state index in [1.54, 1.807) is 6.33 Å². The summed E-state index contributed by atoms with van der Waals surface area (Å²) in [5, 5.41) is 7.55. The Balaban J connectivity index is 1.48. The van der Waals surface area contributed by atoms with Crippen LogP contribution in [0, 0.1) is 26.7 Å². The van der Waals surface area contributed by atoms with Crippen molar-refractivity contribution in [1.29, 1.82) is 0 Å². The van der Waals surface area contributed by atoms with E-state index in [1.807, 2.05) is 61.9 Å². The van der Waals surface area contributed by atoms with Crippen LogP contribution in [0.5, 0.6) is 0 Å². The summed E-state index contributed by atoms with van der Waals surface area (Å²) in [6, 6.07) is 11.9. The lowest BCUT2D eigenvalue weighted by Gasteiger charge is -2.33. The van der Waals surface area contributed by atoms with Gasteiger partial charge in [-0.1, -0.05) is 17.7 Å². The smallest absolute Gasteiger partial charge is 0.229 e. The minimum absolute atomic E-state index is 0.0615. The predicted octanol–water partition coefficient (Wildman–Crippen LogP) is 3.44. The van der Waals surface area contributed by atoms with Gasteiger partial charge in [0.25, 0.3) is 0 Å². The highest BCUT2D eigenvalue weighted by Gasteiger charge is 2.27. The number of anilines is 2. The van der Waals surface area contributed by atoms with Crippen LogP contribution >= 0.6 is 0 Å². The fourth-order valence-corrected chi connectivity index (χ4v) is 3.77. The summed E-state index contributed by atoms with van der Waals surface area (Å²) < 4.78 is 1.83. The maximum Gasteiger partial charge on any atom is 0.229 e. The number of hydrogen-bond donors (Lipinski definition) is 1. The number of benzene rings is 1. The van der Waals surface area contributed by atoms with E-state index in [0.29, 0.717) is 6.54 Å². The lowest BCUT2D eigenvalue weighted by atomic mass is 9.97. The van der Waals surface area contributed by atoms with Crippen molar-refractivity contribution in [2.24, 2.45) is 5.92 Å². The van der Waals surface area contributed by atoms with Gasteiger partial charge in [-0.25, -0.2) is 14.6 Å². The Morgan fingerprint density at radius 1 is 1.07 bits per heavy atom. The molecule has 7 heteroatoms. The molecule has 150 valence electrons. The highest BCUT2D eigenvalue weighted by atomic mass is 16.1. The quantitative estimate of drug-likeness (QED) is 0.738. The molecular formula is C22H26N6O. The van der Waals surface area contributed by atoms with Crippen LogP contribution in [0.25, 0.3) is 5.82 Å². The molecule has 1 aliphatic rings. The number of carbonyl (C=O) groups excluding carboxylic acids is 1. The molecule has 3 heterocycles. The van der Waals surface area contributed by atoms with Crippen LogP contribution in [-0.4, -0.2) is 38.7 Å². The zero-order chi connectivity index (χ0) is 20.4. The topological polar surface area (TPSA) is 75.9 Å².